The Morgan fingerprint density at radius 1 is 1.37 bits per heavy atom. The number of likely N-dealkylation sites (tertiary alicyclic amines) is 1. The van der Waals surface area contributed by atoms with Crippen molar-refractivity contribution in [2.24, 2.45) is 11.3 Å². The first-order valence-corrected chi connectivity index (χ1v) is 6.63. The van der Waals surface area contributed by atoms with Crippen molar-refractivity contribution < 1.29 is 24.5 Å². The van der Waals surface area contributed by atoms with Crippen LogP contribution in [0.2, 0.25) is 0 Å². The number of aliphatic hydroxyl groups is 1. The van der Waals surface area contributed by atoms with Crippen LogP contribution >= 0.6 is 0 Å². The molecule has 0 aromatic carbocycles. The quantitative estimate of drug-likeness (QED) is 0.597. The monoisotopic (exact) mass is 268 g/mol. The zero-order chi connectivity index (χ0) is 13.4. The molecule has 0 spiro atoms. The van der Waals surface area contributed by atoms with Crippen LogP contribution < -0.4 is 5.32 Å². The summed E-state index contributed by atoms with van der Waals surface area (Å²) in [5, 5.41) is 21.7. The lowest BCUT2D eigenvalue weighted by Gasteiger charge is -2.35. The first-order chi connectivity index (χ1) is 9.03. The molecule has 4 aliphatic rings. The smallest absolute Gasteiger partial charge is 0.318 e. The van der Waals surface area contributed by atoms with Crippen LogP contribution in [0.4, 0.5) is 4.79 Å². The number of carbonyl (C=O) groups excluding carboxylic acids is 1. The number of urea groups is 1. The minimum Gasteiger partial charge on any atom is -0.481 e. The van der Waals surface area contributed by atoms with Crippen LogP contribution in [-0.2, 0) is 9.53 Å². The van der Waals surface area contributed by atoms with E-state index in [1.54, 1.807) is 4.90 Å². The number of nitrogens with zero attached hydrogens (tertiary/aromatic N) is 1. The Morgan fingerprint density at radius 2 is 2.16 bits per heavy atom. The molecule has 0 unspecified atom stereocenters. The van der Waals surface area contributed by atoms with Gasteiger partial charge in [0.25, 0.3) is 0 Å². The Bertz CT molecular complexity index is 469. The van der Waals surface area contributed by atoms with Gasteiger partial charge in [-0.2, -0.15) is 0 Å². The van der Waals surface area contributed by atoms with Crippen molar-refractivity contribution in [3.05, 3.63) is 0 Å². The first kappa shape index (κ1) is 11.5. The standard InChI is InChI=1S/C12H16N2O5/c15-9-7-4-19-8(9)3-14(7)11(18)13-6-2-12(10(16)17)1-5(6)12/h5-9,15H,1-4H2,(H,13,18)(H,16,17)/t5-,6-,7-,8-,9+,12-/m1/s1. The second kappa shape index (κ2) is 3.40. The molecule has 4 fully saturated rings. The number of aliphatic carboxylic acids is 1. The van der Waals surface area contributed by atoms with E-state index in [0.29, 0.717) is 26.0 Å². The fourth-order valence-corrected chi connectivity index (χ4v) is 3.86. The molecule has 3 N–H and O–H groups in total. The molecular weight excluding hydrogens is 252 g/mol. The van der Waals surface area contributed by atoms with Gasteiger partial charge in [-0.1, -0.05) is 0 Å². The zero-order valence-corrected chi connectivity index (χ0v) is 10.3. The van der Waals surface area contributed by atoms with E-state index in [-0.39, 0.29) is 30.1 Å². The number of aliphatic hydroxyl groups excluding tert-OH is 1. The number of amides is 2. The minimum absolute atomic E-state index is 0.0270. The Kier molecular flexibility index (Phi) is 2.06. The Morgan fingerprint density at radius 3 is 2.63 bits per heavy atom. The number of morpholine rings is 1. The van der Waals surface area contributed by atoms with E-state index in [9.17, 15) is 14.7 Å². The molecule has 0 aromatic rings. The van der Waals surface area contributed by atoms with Crippen molar-refractivity contribution in [1.82, 2.24) is 10.2 Å². The van der Waals surface area contributed by atoms with Gasteiger partial charge in [-0.05, 0) is 18.8 Å². The highest BCUT2D eigenvalue weighted by molar-refractivity contribution is 5.82. The molecule has 4 rings (SSSR count). The summed E-state index contributed by atoms with van der Waals surface area (Å²) in [6.07, 6.45) is 0.340. The molecule has 2 aliphatic heterocycles. The van der Waals surface area contributed by atoms with Crippen LogP contribution in [0.3, 0.4) is 0 Å². The van der Waals surface area contributed by atoms with Gasteiger partial charge < -0.3 is 25.2 Å². The molecular formula is C12H16N2O5. The summed E-state index contributed by atoms with van der Waals surface area (Å²) >= 11 is 0. The van der Waals surface area contributed by atoms with Crippen molar-refractivity contribution in [2.75, 3.05) is 13.2 Å². The topological polar surface area (TPSA) is 99.1 Å². The summed E-state index contributed by atoms with van der Waals surface area (Å²) in [6.45, 7) is 0.797. The molecule has 2 heterocycles. The molecule has 2 saturated heterocycles. The maximum absolute atomic E-state index is 12.1. The Balaban J connectivity index is 1.36. The third kappa shape index (κ3) is 1.34. The third-order valence-electron chi connectivity index (χ3n) is 5.23. The lowest BCUT2D eigenvalue weighted by atomic mass is 9.80. The molecule has 19 heavy (non-hydrogen) atoms. The number of nitrogens with one attached hydrogen (secondary N) is 1. The van der Waals surface area contributed by atoms with Gasteiger partial charge in [0.05, 0.1) is 24.6 Å². The largest absolute Gasteiger partial charge is 0.481 e. The second-order valence-corrected chi connectivity index (χ2v) is 6.11. The van der Waals surface area contributed by atoms with E-state index in [4.69, 9.17) is 9.84 Å². The van der Waals surface area contributed by atoms with Crippen LogP contribution in [0.25, 0.3) is 0 Å². The molecule has 2 saturated carbocycles. The van der Waals surface area contributed by atoms with E-state index in [2.05, 4.69) is 5.32 Å². The van der Waals surface area contributed by atoms with Crippen LogP contribution in [0.1, 0.15) is 12.8 Å². The molecule has 2 bridgehead atoms. The normalized spacial score (nSPS) is 49.5. The predicted molar refractivity (Wildman–Crippen MR) is 61.4 cm³/mol. The Labute approximate surface area is 109 Å². The van der Waals surface area contributed by atoms with Crippen molar-refractivity contribution in [1.29, 1.82) is 0 Å². The number of hydrogen-bond donors (Lipinski definition) is 3. The summed E-state index contributed by atoms with van der Waals surface area (Å²) < 4.78 is 5.32. The van der Waals surface area contributed by atoms with E-state index < -0.39 is 17.5 Å². The van der Waals surface area contributed by atoms with Crippen molar-refractivity contribution in [3.8, 4) is 0 Å². The number of carbonyl (C=O) groups is 2. The SMILES string of the molecule is O=C(N[C@@H]1C[C@]2(C(=O)O)C[C@H]12)N1C[C@H]2OC[C@@H]1[C@@H]2O. The lowest BCUT2D eigenvalue weighted by molar-refractivity contribution is -0.147. The molecule has 7 nitrogen and oxygen atoms in total. The van der Waals surface area contributed by atoms with Crippen LogP contribution in [-0.4, -0.2) is 64.6 Å². The van der Waals surface area contributed by atoms with E-state index in [0.717, 1.165) is 0 Å². The van der Waals surface area contributed by atoms with Gasteiger partial charge >= 0.3 is 12.0 Å². The fraction of sp³-hybridized carbons (Fsp3) is 0.833. The van der Waals surface area contributed by atoms with Crippen molar-refractivity contribution in [2.45, 2.75) is 37.1 Å². The molecule has 0 radical (unpaired) electrons. The summed E-state index contributed by atoms with van der Waals surface area (Å²) in [6, 6.07) is -0.486. The summed E-state index contributed by atoms with van der Waals surface area (Å²) in [7, 11) is 0. The molecule has 104 valence electrons. The van der Waals surface area contributed by atoms with E-state index in [1.807, 2.05) is 0 Å². The van der Waals surface area contributed by atoms with Crippen LogP contribution in [0.5, 0.6) is 0 Å². The summed E-state index contributed by atoms with van der Waals surface area (Å²) in [5.74, 6) is -0.651. The highest BCUT2D eigenvalue weighted by Crippen LogP contribution is 2.67. The molecule has 2 aliphatic carbocycles. The molecule has 2 amide bonds. The van der Waals surface area contributed by atoms with Crippen molar-refractivity contribution in [3.63, 3.8) is 0 Å². The Hall–Kier alpha value is -1.34. The first-order valence-electron chi connectivity index (χ1n) is 6.63. The fourth-order valence-electron chi connectivity index (χ4n) is 3.86. The van der Waals surface area contributed by atoms with E-state index >= 15 is 0 Å². The number of ether oxygens (including phenoxy) is 1. The number of hydrogen-bond acceptors (Lipinski definition) is 4. The van der Waals surface area contributed by atoms with Gasteiger partial charge in [-0.3, -0.25) is 4.79 Å². The zero-order valence-electron chi connectivity index (χ0n) is 10.3. The molecule has 7 heteroatoms. The number of rotatable bonds is 2. The lowest BCUT2D eigenvalue weighted by Crippen LogP contribution is -2.55. The molecule has 6 atom stereocenters. The second-order valence-electron chi connectivity index (χ2n) is 6.11. The summed E-state index contributed by atoms with van der Waals surface area (Å²) in [5.41, 5.74) is -0.551. The van der Waals surface area contributed by atoms with Crippen LogP contribution in [0.15, 0.2) is 0 Å². The highest BCUT2D eigenvalue weighted by atomic mass is 16.5. The van der Waals surface area contributed by atoms with Gasteiger partial charge in [0, 0.05) is 6.04 Å². The molecule has 0 aromatic heterocycles. The van der Waals surface area contributed by atoms with Gasteiger partial charge in [0.2, 0.25) is 0 Å². The average Bonchev–Trinajstić information content (AvgIpc) is 2.68. The number of carboxylic acid groups (broad SMARTS) is 1. The maximum atomic E-state index is 12.1. The van der Waals surface area contributed by atoms with Gasteiger partial charge in [0.15, 0.2) is 0 Å². The van der Waals surface area contributed by atoms with Gasteiger partial charge in [-0.25, -0.2) is 4.79 Å². The third-order valence-corrected chi connectivity index (χ3v) is 5.23. The predicted octanol–water partition coefficient (Wildman–Crippen LogP) is -0.997. The van der Waals surface area contributed by atoms with Crippen molar-refractivity contribution >= 4 is 12.0 Å². The number of carboxylic acids is 1. The number of fused-ring (bicyclic) bond motifs is 3. The van der Waals surface area contributed by atoms with E-state index in [1.165, 1.54) is 0 Å². The maximum Gasteiger partial charge on any atom is 0.318 e. The summed E-state index contributed by atoms with van der Waals surface area (Å²) in [4.78, 5) is 24.7. The average molecular weight is 268 g/mol. The minimum atomic E-state index is -0.743. The van der Waals surface area contributed by atoms with Gasteiger partial charge in [0.1, 0.15) is 12.2 Å². The highest BCUT2D eigenvalue weighted by Gasteiger charge is 2.72. The van der Waals surface area contributed by atoms with Gasteiger partial charge in [-0.15, -0.1) is 0 Å². The van der Waals surface area contributed by atoms with Crippen LogP contribution in [0, 0.1) is 11.3 Å².